The molecule has 1 saturated carbocycles. The molecule has 0 bridgehead atoms. The van der Waals surface area contributed by atoms with Crippen molar-refractivity contribution in [3.8, 4) is 9.88 Å². The van der Waals surface area contributed by atoms with E-state index in [1.54, 1.807) is 22.7 Å². The van der Waals surface area contributed by atoms with Crippen molar-refractivity contribution < 1.29 is 9.59 Å². The van der Waals surface area contributed by atoms with Crippen LogP contribution in [0.3, 0.4) is 0 Å². The Kier molecular flexibility index (Phi) is 3.27. The summed E-state index contributed by atoms with van der Waals surface area (Å²) < 4.78 is 0. The fourth-order valence-corrected chi connectivity index (χ4v) is 4.82. The molecule has 1 spiro atoms. The van der Waals surface area contributed by atoms with Crippen molar-refractivity contribution in [2.24, 2.45) is 0 Å². The fourth-order valence-electron chi connectivity index (χ4n) is 3.19. The van der Waals surface area contributed by atoms with Crippen LogP contribution in [-0.4, -0.2) is 27.4 Å². The molecule has 1 aliphatic heterocycles. The maximum absolute atomic E-state index is 12.6. The number of aromatic nitrogens is 1. The molecule has 1 aliphatic carbocycles. The maximum Gasteiger partial charge on any atom is 0.325 e. The average Bonchev–Trinajstić information content (AvgIpc) is 3.25. The van der Waals surface area contributed by atoms with Gasteiger partial charge in [-0.15, -0.1) is 22.7 Å². The van der Waals surface area contributed by atoms with Gasteiger partial charge < -0.3 is 5.32 Å². The van der Waals surface area contributed by atoms with E-state index in [9.17, 15) is 9.59 Å². The van der Waals surface area contributed by atoms with Gasteiger partial charge in [0.1, 0.15) is 10.5 Å². The Labute approximate surface area is 136 Å². The highest BCUT2D eigenvalue weighted by molar-refractivity contribution is 7.20. The summed E-state index contributed by atoms with van der Waals surface area (Å²) in [5.74, 6) is -0.0827. The SMILES string of the molecule is O=C1NC2(CCCC2)C(=O)N1Cc1csc(-c2cccs2)n1. The van der Waals surface area contributed by atoms with Crippen molar-refractivity contribution >= 4 is 34.6 Å². The molecule has 0 unspecified atom stereocenters. The van der Waals surface area contributed by atoms with Crippen LogP contribution in [0.5, 0.6) is 0 Å². The van der Waals surface area contributed by atoms with Gasteiger partial charge in [0, 0.05) is 5.38 Å². The molecule has 0 aromatic carbocycles. The molecule has 2 fully saturated rings. The normalized spacial score (nSPS) is 20.1. The average molecular weight is 333 g/mol. The molecule has 2 aromatic heterocycles. The number of thiophene rings is 1. The zero-order valence-corrected chi connectivity index (χ0v) is 13.5. The fraction of sp³-hybridized carbons (Fsp3) is 0.400. The molecule has 3 amide bonds. The first-order valence-corrected chi connectivity index (χ1v) is 9.06. The number of rotatable bonds is 3. The molecule has 4 rings (SSSR count). The van der Waals surface area contributed by atoms with E-state index >= 15 is 0 Å². The minimum atomic E-state index is -0.635. The summed E-state index contributed by atoms with van der Waals surface area (Å²) in [7, 11) is 0. The molecule has 22 heavy (non-hydrogen) atoms. The lowest BCUT2D eigenvalue weighted by molar-refractivity contribution is -0.131. The summed E-state index contributed by atoms with van der Waals surface area (Å²) in [4.78, 5) is 31.7. The number of carbonyl (C=O) groups excluding carboxylic acids is 2. The Morgan fingerprint density at radius 1 is 1.27 bits per heavy atom. The second-order valence-electron chi connectivity index (χ2n) is 5.73. The number of urea groups is 1. The van der Waals surface area contributed by atoms with E-state index in [0.717, 1.165) is 41.3 Å². The van der Waals surface area contributed by atoms with Gasteiger partial charge in [0.25, 0.3) is 5.91 Å². The number of carbonyl (C=O) groups is 2. The van der Waals surface area contributed by atoms with E-state index in [-0.39, 0.29) is 18.5 Å². The minimum absolute atomic E-state index is 0.0827. The number of thiazole rings is 1. The molecule has 5 nitrogen and oxygen atoms in total. The molecular formula is C15H15N3O2S2. The van der Waals surface area contributed by atoms with Gasteiger partial charge in [0.05, 0.1) is 17.1 Å². The van der Waals surface area contributed by atoms with Crippen LogP contribution in [0.15, 0.2) is 22.9 Å². The largest absolute Gasteiger partial charge is 0.325 e. The Morgan fingerprint density at radius 2 is 2.09 bits per heavy atom. The van der Waals surface area contributed by atoms with Crippen LogP contribution in [0, 0.1) is 0 Å². The standard InChI is InChI=1S/C15H15N3O2S2/c19-13-15(5-1-2-6-15)17-14(20)18(13)8-10-9-22-12(16-10)11-4-3-7-21-11/h3-4,7,9H,1-2,5-6,8H2,(H,17,20). The van der Waals surface area contributed by atoms with Crippen molar-refractivity contribution in [2.75, 3.05) is 0 Å². The molecule has 2 aliphatic rings. The topological polar surface area (TPSA) is 62.3 Å². The second-order valence-corrected chi connectivity index (χ2v) is 7.54. The van der Waals surface area contributed by atoms with Gasteiger partial charge in [0.15, 0.2) is 0 Å². The monoisotopic (exact) mass is 333 g/mol. The van der Waals surface area contributed by atoms with Gasteiger partial charge in [-0.2, -0.15) is 0 Å². The smallest absolute Gasteiger partial charge is 0.323 e. The van der Waals surface area contributed by atoms with Gasteiger partial charge in [-0.05, 0) is 24.3 Å². The lowest BCUT2D eigenvalue weighted by Crippen LogP contribution is -2.44. The highest BCUT2D eigenvalue weighted by Crippen LogP contribution is 2.36. The first-order chi connectivity index (χ1) is 10.7. The highest BCUT2D eigenvalue weighted by atomic mass is 32.1. The Morgan fingerprint density at radius 3 is 2.82 bits per heavy atom. The number of hydrogen-bond donors (Lipinski definition) is 1. The van der Waals surface area contributed by atoms with Gasteiger partial charge in [-0.25, -0.2) is 9.78 Å². The zero-order valence-electron chi connectivity index (χ0n) is 11.9. The third-order valence-electron chi connectivity index (χ3n) is 4.31. The van der Waals surface area contributed by atoms with Crippen molar-refractivity contribution in [2.45, 2.75) is 37.8 Å². The predicted octanol–water partition coefficient (Wildman–Crippen LogP) is 3.24. The van der Waals surface area contributed by atoms with Crippen molar-refractivity contribution in [3.05, 3.63) is 28.6 Å². The molecule has 7 heteroatoms. The first kappa shape index (κ1) is 13.9. The van der Waals surface area contributed by atoms with Crippen LogP contribution in [0.1, 0.15) is 31.4 Å². The Bertz CT molecular complexity index is 717. The van der Waals surface area contributed by atoms with Gasteiger partial charge >= 0.3 is 6.03 Å². The van der Waals surface area contributed by atoms with Crippen molar-refractivity contribution in [3.63, 3.8) is 0 Å². The van der Waals surface area contributed by atoms with E-state index in [2.05, 4.69) is 10.3 Å². The van der Waals surface area contributed by atoms with Crippen molar-refractivity contribution in [1.82, 2.24) is 15.2 Å². The van der Waals surface area contributed by atoms with Crippen molar-refractivity contribution in [1.29, 1.82) is 0 Å². The number of nitrogens with zero attached hydrogens (tertiary/aromatic N) is 2. The Balaban J connectivity index is 1.54. The molecular weight excluding hydrogens is 318 g/mol. The number of amides is 3. The predicted molar refractivity (Wildman–Crippen MR) is 85.7 cm³/mol. The van der Waals surface area contributed by atoms with Gasteiger partial charge in [-0.3, -0.25) is 9.69 Å². The number of hydrogen-bond acceptors (Lipinski definition) is 5. The highest BCUT2D eigenvalue weighted by Gasteiger charge is 2.52. The number of imide groups is 1. The second kappa shape index (κ2) is 5.17. The van der Waals surface area contributed by atoms with E-state index in [4.69, 9.17) is 0 Å². The summed E-state index contributed by atoms with van der Waals surface area (Å²) >= 11 is 3.18. The van der Waals surface area contributed by atoms with Crippen LogP contribution < -0.4 is 5.32 Å². The molecule has 0 atom stereocenters. The third kappa shape index (κ3) is 2.16. The lowest BCUT2D eigenvalue weighted by Gasteiger charge is -2.19. The molecule has 2 aromatic rings. The van der Waals surface area contributed by atoms with Crippen LogP contribution in [0.2, 0.25) is 0 Å². The molecule has 1 saturated heterocycles. The van der Waals surface area contributed by atoms with Gasteiger partial charge in [0.2, 0.25) is 0 Å². The van der Waals surface area contributed by atoms with Gasteiger partial charge in [-0.1, -0.05) is 18.9 Å². The van der Waals surface area contributed by atoms with Crippen LogP contribution in [-0.2, 0) is 11.3 Å². The van der Waals surface area contributed by atoms with E-state index in [0.29, 0.717) is 0 Å². The number of nitrogens with one attached hydrogen (secondary N) is 1. The molecule has 0 radical (unpaired) electrons. The van der Waals surface area contributed by atoms with E-state index in [1.165, 1.54) is 4.90 Å². The summed E-state index contributed by atoms with van der Waals surface area (Å²) in [6.45, 7) is 0.258. The third-order valence-corrected chi connectivity index (χ3v) is 6.24. The quantitative estimate of drug-likeness (QED) is 0.877. The first-order valence-electron chi connectivity index (χ1n) is 7.30. The molecule has 3 heterocycles. The van der Waals surface area contributed by atoms with E-state index in [1.807, 2.05) is 22.9 Å². The molecule has 1 N–H and O–H groups in total. The van der Waals surface area contributed by atoms with Crippen LogP contribution >= 0.6 is 22.7 Å². The molecule has 114 valence electrons. The summed E-state index contributed by atoms with van der Waals surface area (Å²) in [5.41, 5.74) is 0.135. The maximum atomic E-state index is 12.6. The van der Waals surface area contributed by atoms with E-state index < -0.39 is 5.54 Å². The van der Waals surface area contributed by atoms with Crippen LogP contribution in [0.25, 0.3) is 9.88 Å². The van der Waals surface area contributed by atoms with Crippen LogP contribution in [0.4, 0.5) is 4.79 Å². The lowest BCUT2D eigenvalue weighted by atomic mass is 9.98. The zero-order chi connectivity index (χ0) is 15.2. The minimum Gasteiger partial charge on any atom is -0.323 e. The summed E-state index contributed by atoms with van der Waals surface area (Å²) in [6, 6.07) is 3.73. The Hall–Kier alpha value is -1.73. The summed E-state index contributed by atoms with van der Waals surface area (Å²) in [5, 5.41) is 7.77. The summed E-state index contributed by atoms with van der Waals surface area (Å²) in [6.07, 6.45) is 3.51.